The number of hydrogen-bond donors (Lipinski definition) is 2. The van der Waals surface area contributed by atoms with E-state index in [1.165, 1.54) is 25.3 Å². The van der Waals surface area contributed by atoms with E-state index in [2.05, 4.69) is 26.0 Å². The van der Waals surface area contributed by atoms with Crippen molar-refractivity contribution in [2.45, 2.75) is 19.3 Å². The molecule has 1 heterocycles. The van der Waals surface area contributed by atoms with E-state index in [-0.39, 0.29) is 16.1 Å². The van der Waals surface area contributed by atoms with Gasteiger partial charge in [-0.25, -0.2) is 4.39 Å². The fourth-order valence-corrected chi connectivity index (χ4v) is 2.89. The Balaban J connectivity index is 1.96. The van der Waals surface area contributed by atoms with E-state index < -0.39 is 5.82 Å². The monoisotopic (exact) mass is 359 g/mol. The van der Waals surface area contributed by atoms with Gasteiger partial charge in [-0.15, -0.1) is 0 Å². The van der Waals surface area contributed by atoms with Crippen molar-refractivity contribution in [3.63, 3.8) is 0 Å². The summed E-state index contributed by atoms with van der Waals surface area (Å²) in [6, 6.07) is 3.04. The summed E-state index contributed by atoms with van der Waals surface area (Å²) in [6.07, 6.45) is 3.72. The maximum absolute atomic E-state index is 14.1. The lowest BCUT2D eigenvalue weighted by Gasteiger charge is -2.26. The van der Waals surface area contributed by atoms with E-state index in [1.54, 1.807) is 6.07 Å². The molecule has 0 saturated carbocycles. The van der Waals surface area contributed by atoms with Crippen molar-refractivity contribution in [2.24, 2.45) is 10.9 Å². The van der Waals surface area contributed by atoms with Gasteiger partial charge in [-0.1, -0.05) is 11.6 Å². The van der Waals surface area contributed by atoms with Gasteiger partial charge in [0.2, 0.25) is 0 Å². The van der Waals surface area contributed by atoms with Crippen LogP contribution in [-0.2, 0) is 0 Å². The van der Waals surface area contributed by atoms with Crippen molar-refractivity contribution in [1.82, 2.24) is 4.90 Å². The summed E-state index contributed by atoms with van der Waals surface area (Å²) in [4.78, 5) is 2.32. The van der Waals surface area contributed by atoms with Crippen LogP contribution in [0.2, 0.25) is 0 Å². The molecule has 0 aromatic heterocycles. The van der Waals surface area contributed by atoms with Gasteiger partial charge in [0.05, 0.1) is 4.47 Å². The van der Waals surface area contributed by atoms with Gasteiger partial charge in [0.15, 0.2) is 17.4 Å². The highest BCUT2D eigenvalue weighted by atomic mass is 79.9. The molecule has 2 rings (SSSR count). The first-order valence-electron chi connectivity index (χ1n) is 6.94. The molecule has 1 aromatic carbocycles. The number of ether oxygens (including phenoxy) is 1. The lowest BCUT2D eigenvalue weighted by molar-refractivity contribution is 0.180. The van der Waals surface area contributed by atoms with Gasteiger partial charge in [-0.3, -0.25) is 4.90 Å². The molecule has 0 atom stereocenters. The Morgan fingerprint density at radius 1 is 1.38 bits per heavy atom. The quantitative estimate of drug-likeness (QED) is 0.366. The molecule has 1 aromatic rings. The Hall–Kier alpha value is -1.34. The first-order valence-corrected chi connectivity index (χ1v) is 7.74. The number of nitrogens with zero attached hydrogens (tertiary/aromatic N) is 2. The molecule has 1 fully saturated rings. The zero-order chi connectivity index (χ0) is 15.2. The second-order valence-corrected chi connectivity index (χ2v) is 5.77. The minimum Gasteiger partial charge on any atom is -0.489 e. The topological polar surface area (TPSA) is 71.1 Å². The Morgan fingerprint density at radius 2 is 2.10 bits per heavy atom. The molecule has 0 spiro atoms. The zero-order valence-corrected chi connectivity index (χ0v) is 13.3. The molecule has 21 heavy (non-hydrogen) atoms. The van der Waals surface area contributed by atoms with Crippen LogP contribution in [0, 0.1) is 5.82 Å². The molecule has 3 N–H and O–H groups in total. The van der Waals surface area contributed by atoms with E-state index in [9.17, 15) is 4.39 Å². The Labute approximate surface area is 131 Å². The summed E-state index contributed by atoms with van der Waals surface area (Å²) in [5.74, 6) is -0.535. The predicted molar refractivity (Wildman–Crippen MR) is 82.4 cm³/mol. The van der Waals surface area contributed by atoms with Crippen LogP contribution >= 0.6 is 15.9 Å². The number of hydrogen-bond acceptors (Lipinski definition) is 4. The smallest absolute Gasteiger partial charge is 0.179 e. The number of piperidine rings is 1. The number of nitrogens with two attached hydrogens (primary N) is 1. The van der Waals surface area contributed by atoms with E-state index in [0.717, 1.165) is 19.6 Å². The second kappa shape index (κ2) is 7.61. The highest BCUT2D eigenvalue weighted by Crippen LogP contribution is 2.28. The van der Waals surface area contributed by atoms with Gasteiger partial charge in [0.1, 0.15) is 6.61 Å². The normalized spacial score (nSPS) is 17.0. The summed E-state index contributed by atoms with van der Waals surface area (Å²) in [7, 11) is 0. The van der Waals surface area contributed by atoms with E-state index in [4.69, 9.17) is 15.7 Å². The molecule has 0 amide bonds. The molecule has 0 aliphatic carbocycles. The molecule has 1 saturated heterocycles. The fraction of sp³-hybridized carbons (Fsp3) is 0.500. The number of amidine groups is 1. The van der Waals surface area contributed by atoms with Crippen LogP contribution in [0.4, 0.5) is 4.39 Å². The maximum Gasteiger partial charge on any atom is 0.179 e. The number of benzene rings is 1. The van der Waals surface area contributed by atoms with Gasteiger partial charge in [0, 0.05) is 12.1 Å². The minimum atomic E-state index is -0.544. The summed E-state index contributed by atoms with van der Waals surface area (Å²) in [6.45, 7) is 3.39. The van der Waals surface area contributed by atoms with Crippen molar-refractivity contribution >= 4 is 21.8 Å². The minimum absolute atomic E-state index is 0.133. The van der Waals surface area contributed by atoms with Crippen molar-refractivity contribution in [3.8, 4) is 5.75 Å². The van der Waals surface area contributed by atoms with Crippen LogP contribution < -0.4 is 10.5 Å². The number of likely N-dealkylation sites (tertiary alicyclic amines) is 1. The molecule has 0 unspecified atom stereocenters. The van der Waals surface area contributed by atoms with Crippen molar-refractivity contribution in [1.29, 1.82) is 0 Å². The molecular weight excluding hydrogens is 341 g/mol. The Bertz CT molecular complexity index is 519. The second-order valence-electron chi connectivity index (χ2n) is 4.98. The molecule has 7 heteroatoms. The first kappa shape index (κ1) is 16.0. The highest BCUT2D eigenvalue weighted by molar-refractivity contribution is 9.10. The van der Waals surface area contributed by atoms with Crippen LogP contribution in [0.1, 0.15) is 24.8 Å². The van der Waals surface area contributed by atoms with Crippen LogP contribution in [0.5, 0.6) is 5.75 Å². The summed E-state index contributed by atoms with van der Waals surface area (Å²) in [5.41, 5.74) is 5.76. The third kappa shape index (κ3) is 4.07. The average molecular weight is 360 g/mol. The highest BCUT2D eigenvalue weighted by Gasteiger charge is 2.16. The van der Waals surface area contributed by atoms with Crippen LogP contribution in [0.15, 0.2) is 21.8 Å². The fourth-order valence-electron chi connectivity index (χ4n) is 2.36. The summed E-state index contributed by atoms with van der Waals surface area (Å²) >= 11 is 3.10. The zero-order valence-electron chi connectivity index (χ0n) is 11.7. The van der Waals surface area contributed by atoms with E-state index in [0.29, 0.717) is 12.2 Å². The van der Waals surface area contributed by atoms with Crippen molar-refractivity contribution < 1.29 is 14.3 Å². The Kier molecular flexibility index (Phi) is 5.81. The SMILES string of the molecule is N/C(=N/O)c1ccc(OCCN2CCCCC2)c(F)c1Br. The number of halogens is 2. The van der Waals surface area contributed by atoms with Crippen molar-refractivity contribution in [3.05, 3.63) is 28.0 Å². The molecular formula is C14H19BrFN3O2. The van der Waals surface area contributed by atoms with Gasteiger partial charge in [-0.05, 0) is 54.0 Å². The Morgan fingerprint density at radius 3 is 2.76 bits per heavy atom. The molecule has 116 valence electrons. The molecule has 1 aliphatic rings. The predicted octanol–water partition coefficient (Wildman–Crippen LogP) is 2.55. The molecule has 0 radical (unpaired) electrons. The lowest BCUT2D eigenvalue weighted by Crippen LogP contribution is -2.33. The van der Waals surface area contributed by atoms with Gasteiger partial charge in [0.25, 0.3) is 0 Å². The van der Waals surface area contributed by atoms with E-state index >= 15 is 0 Å². The van der Waals surface area contributed by atoms with Crippen LogP contribution in [0.3, 0.4) is 0 Å². The first-order chi connectivity index (χ1) is 10.1. The van der Waals surface area contributed by atoms with Gasteiger partial charge in [-0.2, -0.15) is 0 Å². The van der Waals surface area contributed by atoms with Gasteiger partial charge >= 0.3 is 0 Å². The lowest BCUT2D eigenvalue weighted by atomic mass is 10.1. The largest absolute Gasteiger partial charge is 0.489 e. The van der Waals surface area contributed by atoms with Crippen LogP contribution in [-0.4, -0.2) is 42.2 Å². The van der Waals surface area contributed by atoms with E-state index in [1.807, 2.05) is 0 Å². The number of oxime groups is 1. The summed E-state index contributed by atoms with van der Waals surface area (Å²) in [5, 5.41) is 11.5. The van der Waals surface area contributed by atoms with Crippen LogP contribution in [0.25, 0.3) is 0 Å². The molecule has 0 bridgehead atoms. The number of rotatable bonds is 5. The molecule has 5 nitrogen and oxygen atoms in total. The van der Waals surface area contributed by atoms with Crippen molar-refractivity contribution in [2.75, 3.05) is 26.2 Å². The van der Waals surface area contributed by atoms with Gasteiger partial charge < -0.3 is 15.7 Å². The maximum atomic E-state index is 14.1. The average Bonchev–Trinajstić information content (AvgIpc) is 2.52. The standard InChI is InChI=1S/C14H19BrFN3O2/c15-12-10(14(17)18-20)4-5-11(13(12)16)21-9-8-19-6-2-1-3-7-19/h4-5,20H,1-3,6-9H2,(H2,17,18). The molecule has 1 aliphatic heterocycles. The summed E-state index contributed by atoms with van der Waals surface area (Å²) < 4.78 is 19.8. The third-order valence-electron chi connectivity index (χ3n) is 3.54. The third-order valence-corrected chi connectivity index (χ3v) is 4.32.